The lowest BCUT2D eigenvalue weighted by molar-refractivity contribution is 0.0547. The standard InChI is InChI=1S/C10H13BrN2O4S/c1-17-9-2-7(11)8(12)3-10(9)18(15,16)13-4-6(14)5-13/h2-3,6,14H,4-5,12H2,1H3. The monoisotopic (exact) mass is 336 g/mol. The molecule has 1 aromatic carbocycles. The number of aliphatic hydroxyl groups excluding tert-OH is 1. The number of sulfonamides is 1. The van der Waals surface area contributed by atoms with Gasteiger partial charge in [-0.1, -0.05) is 0 Å². The number of anilines is 1. The molecule has 0 aliphatic carbocycles. The van der Waals surface area contributed by atoms with E-state index in [0.717, 1.165) is 0 Å². The van der Waals surface area contributed by atoms with Crippen molar-refractivity contribution >= 4 is 31.6 Å². The van der Waals surface area contributed by atoms with E-state index in [2.05, 4.69) is 15.9 Å². The predicted molar refractivity (Wildman–Crippen MR) is 69.9 cm³/mol. The average molecular weight is 337 g/mol. The zero-order valence-electron chi connectivity index (χ0n) is 9.63. The second-order valence-corrected chi connectivity index (χ2v) is 6.76. The van der Waals surface area contributed by atoms with Crippen LogP contribution in [0.3, 0.4) is 0 Å². The molecule has 1 aromatic rings. The van der Waals surface area contributed by atoms with E-state index in [9.17, 15) is 13.5 Å². The third-order valence-electron chi connectivity index (χ3n) is 2.73. The van der Waals surface area contributed by atoms with Crippen molar-refractivity contribution in [3.63, 3.8) is 0 Å². The molecule has 3 N–H and O–H groups in total. The zero-order valence-corrected chi connectivity index (χ0v) is 12.0. The van der Waals surface area contributed by atoms with Gasteiger partial charge in [-0.3, -0.25) is 0 Å². The van der Waals surface area contributed by atoms with E-state index < -0.39 is 16.1 Å². The Labute approximate surface area is 114 Å². The Morgan fingerprint density at radius 2 is 2.11 bits per heavy atom. The molecule has 0 amide bonds. The minimum atomic E-state index is -3.67. The summed E-state index contributed by atoms with van der Waals surface area (Å²) in [7, 11) is -2.28. The fourth-order valence-corrected chi connectivity index (χ4v) is 3.67. The zero-order chi connectivity index (χ0) is 13.5. The van der Waals surface area contributed by atoms with Gasteiger partial charge in [0.1, 0.15) is 10.6 Å². The highest BCUT2D eigenvalue weighted by Crippen LogP contribution is 2.35. The third kappa shape index (κ3) is 2.20. The summed E-state index contributed by atoms with van der Waals surface area (Å²) in [6.07, 6.45) is -0.599. The maximum absolute atomic E-state index is 12.3. The van der Waals surface area contributed by atoms with E-state index in [1.54, 1.807) is 0 Å². The summed E-state index contributed by atoms with van der Waals surface area (Å²) in [4.78, 5) is 0.0117. The Bertz CT molecular complexity index is 569. The predicted octanol–water partition coefficient (Wildman–Crippen LogP) is 0.405. The van der Waals surface area contributed by atoms with Crippen molar-refractivity contribution in [1.82, 2.24) is 4.31 Å². The highest BCUT2D eigenvalue weighted by atomic mass is 79.9. The van der Waals surface area contributed by atoms with Gasteiger partial charge >= 0.3 is 0 Å². The van der Waals surface area contributed by atoms with Gasteiger partial charge in [0.15, 0.2) is 0 Å². The van der Waals surface area contributed by atoms with Gasteiger partial charge in [0.25, 0.3) is 0 Å². The van der Waals surface area contributed by atoms with Gasteiger partial charge in [0, 0.05) is 23.2 Å². The molecule has 0 aromatic heterocycles. The van der Waals surface area contributed by atoms with E-state index in [1.165, 1.54) is 23.5 Å². The topological polar surface area (TPSA) is 92.9 Å². The summed E-state index contributed by atoms with van der Waals surface area (Å²) < 4.78 is 31.3. The molecule has 18 heavy (non-hydrogen) atoms. The van der Waals surface area contributed by atoms with Crippen LogP contribution in [0, 0.1) is 0 Å². The van der Waals surface area contributed by atoms with Crippen molar-refractivity contribution in [2.24, 2.45) is 0 Å². The molecule has 1 saturated heterocycles. The number of β-amino-alcohol motifs (C(OH)–C–C–N with tert-alkyl or cyclic N) is 1. The molecule has 0 saturated carbocycles. The molecule has 6 nitrogen and oxygen atoms in total. The molecule has 100 valence electrons. The average Bonchev–Trinajstić information content (AvgIpc) is 2.27. The number of aliphatic hydroxyl groups is 1. The van der Waals surface area contributed by atoms with Crippen molar-refractivity contribution in [3.8, 4) is 5.75 Å². The van der Waals surface area contributed by atoms with Crippen LogP contribution in [0.2, 0.25) is 0 Å². The maximum Gasteiger partial charge on any atom is 0.247 e. The van der Waals surface area contributed by atoms with E-state index in [4.69, 9.17) is 10.5 Å². The number of hydrogen-bond donors (Lipinski definition) is 2. The van der Waals surface area contributed by atoms with Gasteiger partial charge in [0.05, 0.1) is 13.2 Å². The van der Waals surface area contributed by atoms with Crippen LogP contribution in [0.1, 0.15) is 0 Å². The maximum atomic E-state index is 12.3. The number of hydrogen-bond acceptors (Lipinski definition) is 5. The molecule has 8 heteroatoms. The first-order valence-corrected chi connectivity index (χ1v) is 7.40. The quantitative estimate of drug-likeness (QED) is 0.779. The summed E-state index contributed by atoms with van der Waals surface area (Å²) in [5.74, 6) is 0.220. The van der Waals surface area contributed by atoms with Crippen LogP contribution in [0.15, 0.2) is 21.5 Å². The number of methoxy groups -OCH3 is 1. The Morgan fingerprint density at radius 3 is 2.61 bits per heavy atom. The lowest BCUT2D eigenvalue weighted by atomic mass is 10.2. The van der Waals surface area contributed by atoms with Crippen molar-refractivity contribution in [2.45, 2.75) is 11.0 Å². The summed E-state index contributed by atoms with van der Waals surface area (Å²) in [5, 5.41) is 9.18. The first kappa shape index (κ1) is 13.6. The highest BCUT2D eigenvalue weighted by molar-refractivity contribution is 9.10. The second kappa shape index (κ2) is 4.69. The molecule has 1 aliphatic rings. The van der Waals surface area contributed by atoms with Gasteiger partial charge in [-0.25, -0.2) is 8.42 Å². The molecular weight excluding hydrogens is 324 g/mol. The van der Waals surface area contributed by atoms with Crippen molar-refractivity contribution in [1.29, 1.82) is 0 Å². The van der Waals surface area contributed by atoms with Gasteiger partial charge in [-0.05, 0) is 28.1 Å². The molecule has 0 bridgehead atoms. The Morgan fingerprint density at radius 1 is 1.50 bits per heavy atom. The summed E-state index contributed by atoms with van der Waals surface area (Å²) in [6, 6.07) is 2.86. The first-order chi connectivity index (χ1) is 8.36. The van der Waals surface area contributed by atoms with Crippen LogP contribution in [-0.2, 0) is 10.0 Å². The third-order valence-corrected chi connectivity index (χ3v) is 5.27. The lowest BCUT2D eigenvalue weighted by Gasteiger charge is -2.34. The largest absolute Gasteiger partial charge is 0.495 e. The molecule has 1 fully saturated rings. The van der Waals surface area contributed by atoms with Gasteiger partial charge in [0.2, 0.25) is 10.0 Å². The Kier molecular flexibility index (Phi) is 3.54. The second-order valence-electron chi connectivity index (χ2n) is 4.00. The number of benzene rings is 1. The highest BCUT2D eigenvalue weighted by Gasteiger charge is 2.37. The summed E-state index contributed by atoms with van der Waals surface area (Å²) in [5.41, 5.74) is 6.01. The number of nitrogens with two attached hydrogens (primary N) is 1. The molecule has 0 spiro atoms. The number of nitrogen functional groups attached to an aromatic ring is 1. The summed E-state index contributed by atoms with van der Waals surface area (Å²) >= 11 is 3.21. The van der Waals surface area contributed by atoms with Crippen molar-refractivity contribution in [3.05, 3.63) is 16.6 Å². The molecule has 1 aliphatic heterocycles. The van der Waals surface area contributed by atoms with Gasteiger partial charge in [-0.2, -0.15) is 4.31 Å². The first-order valence-electron chi connectivity index (χ1n) is 5.17. The smallest absolute Gasteiger partial charge is 0.247 e. The van der Waals surface area contributed by atoms with E-state index in [1.807, 2.05) is 0 Å². The number of rotatable bonds is 3. The number of ether oxygens (including phenoxy) is 1. The van der Waals surface area contributed by atoms with Gasteiger partial charge < -0.3 is 15.6 Å². The van der Waals surface area contributed by atoms with Crippen molar-refractivity contribution in [2.75, 3.05) is 25.9 Å². The molecule has 2 rings (SSSR count). The van der Waals surface area contributed by atoms with E-state index >= 15 is 0 Å². The van der Waals surface area contributed by atoms with Crippen LogP contribution in [0.4, 0.5) is 5.69 Å². The molecule has 0 unspecified atom stereocenters. The fourth-order valence-electron chi connectivity index (χ4n) is 1.66. The van der Waals surface area contributed by atoms with Crippen LogP contribution in [-0.4, -0.2) is 44.1 Å². The number of nitrogens with zero attached hydrogens (tertiary/aromatic N) is 1. The Hall–Kier alpha value is -0.830. The summed E-state index contributed by atoms with van der Waals surface area (Å²) in [6.45, 7) is 0.197. The van der Waals surface area contributed by atoms with Crippen LogP contribution in [0.25, 0.3) is 0 Å². The number of halogens is 1. The normalized spacial score (nSPS) is 17.5. The Balaban J connectivity index is 2.47. The van der Waals surface area contributed by atoms with Crippen LogP contribution >= 0.6 is 15.9 Å². The van der Waals surface area contributed by atoms with Crippen LogP contribution in [0.5, 0.6) is 5.75 Å². The van der Waals surface area contributed by atoms with Gasteiger partial charge in [-0.15, -0.1) is 0 Å². The molecule has 0 atom stereocenters. The minimum Gasteiger partial charge on any atom is -0.495 e. The molecular formula is C10H13BrN2O4S. The molecule has 1 heterocycles. The molecule has 0 radical (unpaired) electrons. The lowest BCUT2D eigenvalue weighted by Crippen LogP contribution is -2.53. The fraction of sp³-hybridized carbons (Fsp3) is 0.400. The SMILES string of the molecule is COc1cc(Br)c(N)cc1S(=O)(=O)N1CC(O)C1. The van der Waals surface area contributed by atoms with E-state index in [0.29, 0.717) is 10.2 Å². The van der Waals surface area contributed by atoms with Crippen LogP contribution < -0.4 is 10.5 Å². The van der Waals surface area contributed by atoms with E-state index in [-0.39, 0.29) is 23.7 Å². The van der Waals surface area contributed by atoms with Crippen molar-refractivity contribution < 1.29 is 18.3 Å². The minimum absolute atomic E-state index is 0.0117.